The number of carbonyl (C=O) groups excluding carboxylic acids is 1. The number of halogens is 2. The van der Waals surface area contributed by atoms with Crippen LogP contribution in [-0.2, 0) is 4.79 Å². The summed E-state index contributed by atoms with van der Waals surface area (Å²) < 4.78 is 0. The van der Waals surface area contributed by atoms with Crippen LogP contribution in [-0.4, -0.2) is 5.91 Å². The van der Waals surface area contributed by atoms with Gasteiger partial charge in [0.2, 0.25) is 5.91 Å². The van der Waals surface area contributed by atoms with Crippen molar-refractivity contribution in [2.45, 2.75) is 25.7 Å². The van der Waals surface area contributed by atoms with Gasteiger partial charge in [0.25, 0.3) is 0 Å². The Morgan fingerprint density at radius 2 is 1.27 bits per heavy atom. The maximum Gasteiger partial charge on any atom is 0.228 e. The van der Waals surface area contributed by atoms with E-state index >= 15 is 0 Å². The zero-order chi connectivity index (χ0) is 21.0. The lowest BCUT2D eigenvalue weighted by atomic mass is 9.52. The Kier molecular flexibility index (Phi) is 4.88. The number of rotatable bonds is 3. The van der Waals surface area contributed by atoms with E-state index in [4.69, 9.17) is 23.2 Å². The highest BCUT2D eigenvalue weighted by Gasteiger charge is 2.53. The minimum Gasteiger partial charge on any atom is -0.326 e. The highest BCUT2D eigenvalue weighted by molar-refractivity contribution is 6.35. The predicted octanol–water partition coefficient (Wildman–Crippen LogP) is 7.11. The second-order valence-electron chi connectivity index (χ2n) is 8.71. The van der Waals surface area contributed by atoms with Gasteiger partial charge in [0.15, 0.2) is 0 Å². The molecule has 3 aliphatic carbocycles. The molecule has 3 aliphatic rings. The number of nitrogens with one attached hydrogen (secondary N) is 1. The van der Waals surface area contributed by atoms with Crippen LogP contribution in [0.5, 0.6) is 0 Å². The van der Waals surface area contributed by atoms with Gasteiger partial charge in [-0.3, -0.25) is 4.79 Å². The van der Waals surface area contributed by atoms with Crippen LogP contribution in [0.1, 0.15) is 47.9 Å². The first kappa shape index (κ1) is 19.7. The fraction of sp³-hybridized carbons (Fsp3) is 0.269. The van der Waals surface area contributed by atoms with Crippen LogP contribution in [0.4, 0.5) is 5.69 Å². The zero-order valence-corrected chi connectivity index (χ0v) is 18.4. The molecule has 0 saturated carbocycles. The Balaban J connectivity index is 1.63. The van der Waals surface area contributed by atoms with E-state index < -0.39 is 0 Å². The van der Waals surface area contributed by atoms with E-state index in [1.165, 1.54) is 22.3 Å². The standard InChI is InChI=1S/C26H23Cl2NO/c1-14(2)22-23-18-7-3-5-9-20(18)24(21-10-6-4-8-19(21)23)25(22)26(30)29-17-12-15(27)11-16(28)13-17/h3-14,22-25H,1-2H3,(H,29,30)/t22-,23?,24?,25+/m1/s1. The normalized spacial score (nSPS) is 23.8. The van der Waals surface area contributed by atoms with Gasteiger partial charge >= 0.3 is 0 Å². The van der Waals surface area contributed by atoms with Gasteiger partial charge in [0.1, 0.15) is 0 Å². The van der Waals surface area contributed by atoms with Crippen molar-refractivity contribution >= 4 is 34.8 Å². The lowest BCUT2D eigenvalue weighted by molar-refractivity contribution is -0.123. The van der Waals surface area contributed by atoms with E-state index in [1.54, 1.807) is 18.2 Å². The molecule has 0 fully saturated rings. The monoisotopic (exact) mass is 435 g/mol. The molecule has 3 aromatic carbocycles. The maximum absolute atomic E-state index is 13.7. The van der Waals surface area contributed by atoms with Crippen LogP contribution < -0.4 is 5.32 Å². The molecule has 0 unspecified atom stereocenters. The molecule has 0 saturated heterocycles. The van der Waals surface area contributed by atoms with Gasteiger partial charge in [-0.25, -0.2) is 0 Å². The topological polar surface area (TPSA) is 29.1 Å². The van der Waals surface area contributed by atoms with E-state index in [-0.39, 0.29) is 29.6 Å². The molecule has 6 rings (SSSR count). The summed E-state index contributed by atoms with van der Waals surface area (Å²) in [5.41, 5.74) is 5.94. The zero-order valence-electron chi connectivity index (χ0n) is 16.9. The number of hydrogen-bond acceptors (Lipinski definition) is 1. The van der Waals surface area contributed by atoms with Crippen molar-refractivity contribution < 1.29 is 4.79 Å². The SMILES string of the molecule is CC(C)[C@@H]1C2c3ccccc3C(c3ccccc32)[C@H]1C(=O)Nc1cc(Cl)cc(Cl)c1. The van der Waals surface area contributed by atoms with Crippen molar-refractivity contribution in [2.75, 3.05) is 5.32 Å². The second kappa shape index (κ2) is 7.44. The lowest BCUT2D eigenvalue weighted by Crippen LogP contribution is -2.47. The smallest absolute Gasteiger partial charge is 0.228 e. The van der Waals surface area contributed by atoms with Crippen LogP contribution in [0.3, 0.4) is 0 Å². The molecule has 2 bridgehead atoms. The van der Waals surface area contributed by atoms with Crippen molar-refractivity contribution in [1.29, 1.82) is 0 Å². The largest absolute Gasteiger partial charge is 0.326 e. The average Bonchev–Trinajstić information content (AvgIpc) is 2.72. The van der Waals surface area contributed by atoms with Gasteiger partial charge in [0.05, 0.1) is 5.92 Å². The number of benzene rings is 3. The molecule has 1 amide bonds. The Bertz CT molecular complexity index is 1070. The third-order valence-corrected chi connectivity index (χ3v) is 7.13. The first-order chi connectivity index (χ1) is 14.5. The number of fused-ring (bicyclic) bond motifs is 1. The Hall–Kier alpha value is -2.29. The lowest BCUT2D eigenvalue weighted by Gasteiger charge is -2.51. The molecule has 0 heterocycles. The van der Waals surface area contributed by atoms with Crippen molar-refractivity contribution in [1.82, 2.24) is 0 Å². The van der Waals surface area contributed by atoms with Crippen LogP contribution >= 0.6 is 23.2 Å². The molecular formula is C26H23Cl2NO. The van der Waals surface area contributed by atoms with Gasteiger partial charge < -0.3 is 5.32 Å². The summed E-state index contributed by atoms with van der Waals surface area (Å²) in [6.45, 7) is 4.46. The van der Waals surface area contributed by atoms with Crippen LogP contribution in [0.15, 0.2) is 66.7 Å². The minimum absolute atomic E-state index is 0.0334. The third-order valence-electron chi connectivity index (χ3n) is 6.69. The highest BCUT2D eigenvalue weighted by atomic mass is 35.5. The summed E-state index contributed by atoms with van der Waals surface area (Å²) in [6, 6.07) is 22.4. The van der Waals surface area contributed by atoms with Crippen molar-refractivity contribution in [3.05, 3.63) is 99.0 Å². The molecule has 30 heavy (non-hydrogen) atoms. The summed E-state index contributed by atoms with van der Waals surface area (Å²) in [4.78, 5) is 13.7. The molecule has 0 aliphatic heterocycles. The quantitative estimate of drug-likeness (QED) is 0.466. The Morgan fingerprint density at radius 3 is 1.73 bits per heavy atom. The number of anilines is 1. The summed E-state index contributed by atoms with van der Waals surface area (Å²) in [6.07, 6.45) is 0. The molecule has 152 valence electrons. The van der Waals surface area contributed by atoms with Crippen LogP contribution in [0.25, 0.3) is 0 Å². The fourth-order valence-electron chi connectivity index (χ4n) is 5.70. The van der Waals surface area contributed by atoms with Crippen molar-refractivity contribution in [3.8, 4) is 0 Å². The number of hydrogen-bond donors (Lipinski definition) is 1. The summed E-state index contributed by atoms with van der Waals surface area (Å²) in [7, 11) is 0. The molecule has 2 nitrogen and oxygen atoms in total. The van der Waals surface area contributed by atoms with E-state index in [0.717, 1.165) is 0 Å². The van der Waals surface area contributed by atoms with Gasteiger partial charge in [-0.2, -0.15) is 0 Å². The number of carbonyl (C=O) groups is 1. The summed E-state index contributed by atoms with van der Waals surface area (Å²) >= 11 is 12.3. The predicted molar refractivity (Wildman–Crippen MR) is 123 cm³/mol. The Morgan fingerprint density at radius 1 is 0.800 bits per heavy atom. The highest BCUT2D eigenvalue weighted by Crippen LogP contribution is 2.60. The molecule has 0 aromatic heterocycles. The first-order valence-electron chi connectivity index (χ1n) is 10.4. The van der Waals surface area contributed by atoms with Crippen LogP contribution in [0, 0.1) is 17.8 Å². The molecule has 2 atom stereocenters. The van der Waals surface area contributed by atoms with Gasteiger partial charge in [-0.15, -0.1) is 0 Å². The first-order valence-corrected chi connectivity index (χ1v) is 11.2. The molecule has 1 N–H and O–H groups in total. The molecule has 0 spiro atoms. The molecular weight excluding hydrogens is 413 g/mol. The van der Waals surface area contributed by atoms with Gasteiger partial charge in [0, 0.05) is 27.6 Å². The third kappa shape index (κ3) is 3.05. The molecule has 4 heteroatoms. The Labute approximate surface area is 187 Å². The van der Waals surface area contributed by atoms with Crippen LogP contribution in [0.2, 0.25) is 10.0 Å². The van der Waals surface area contributed by atoms with Gasteiger partial charge in [-0.05, 0) is 52.3 Å². The fourth-order valence-corrected chi connectivity index (χ4v) is 6.22. The average molecular weight is 436 g/mol. The second-order valence-corrected chi connectivity index (χ2v) is 9.58. The maximum atomic E-state index is 13.7. The van der Waals surface area contributed by atoms with Crippen molar-refractivity contribution in [2.24, 2.45) is 17.8 Å². The van der Waals surface area contributed by atoms with E-state index in [1.807, 2.05) is 0 Å². The minimum atomic E-state index is -0.155. The van der Waals surface area contributed by atoms with E-state index in [9.17, 15) is 4.79 Å². The summed E-state index contributed by atoms with van der Waals surface area (Å²) in [5.74, 6) is 0.724. The van der Waals surface area contributed by atoms with E-state index in [0.29, 0.717) is 21.7 Å². The number of amides is 1. The van der Waals surface area contributed by atoms with Crippen molar-refractivity contribution in [3.63, 3.8) is 0 Å². The molecule has 3 aromatic rings. The van der Waals surface area contributed by atoms with Gasteiger partial charge in [-0.1, -0.05) is 85.6 Å². The van der Waals surface area contributed by atoms with E-state index in [2.05, 4.69) is 67.7 Å². The summed E-state index contributed by atoms with van der Waals surface area (Å²) in [5, 5.41) is 4.14. The molecule has 0 radical (unpaired) electrons.